The molecular weight excluding hydrogens is 206 g/mol. The Morgan fingerprint density at radius 2 is 2.38 bits per heavy atom. The van der Waals surface area contributed by atoms with E-state index in [1.165, 1.54) is 0 Å². The fraction of sp³-hybridized carbons (Fsp3) is 0.636. The standard InChI is InChI=1S/C11H19N3O2/c1-4-5-13-10(11(15)16)8(2)14-7-6-12-9(14)3/h6-8,10,13H,4-5H2,1-3H3,(H,15,16). The van der Waals surface area contributed by atoms with Crippen molar-refractivity contribution >= 4 is 5.97 Å². The minimum atomic E-state index is -0.825. The molecule has 0 amide bonds. The normalized spacial score (nSPS) is 14.7. The van der Waals surface area contributed by atoms with Crippen molar-refractivity contribution in [1.29, 1.82) is 0 Å². The number of hydrogen-bond acceptors (Lipinski definition) is 3. The summed E-state index contributed by atoms with van der Waals surface area (Å²) >= 11 is 0. The van der Waals surface area contributed by atoms with E-state index in [9.17, 15) is 4.79 Å². The van der Waals surface area contributed by atoms with Gasteiger partial charge in [-0.15, -0.1) is 0 Å². The van der Waals surface area contributed by atoms with Gasteiger partial charge in [-0.05, 0) is 26.8 Å². The zero-order valence-electron chi connectivity index (χ0n) is 9.97. The molecule has 0 aliphatic heterocycles. The molecule has 16 heavy (non-hydrogen) atoms. The number of nitrogens with zero attached hydrogens (tertiary/aromatic N) is 2. The minimum absolute atomic E-state index is 0.147. The second kappa shape index (κ2) is 5.65. The maximum absolute atomic E-state index is 11.2. The molecule has 2 unspecified atom stereocenters. The number of hydrogen-bond donors (Lipinski definition) is 2. The van der Waals surface area contributed by atoms with Crippen LogP contribution in [0.1, 0.15) is 32.1 Å². The van der Waals surface area contributed by atoms with Gasteiger partial charge in [0.25, 0.3) is 0 Å². The van der Waals surface area contributed by atoms with E-state index in [0.29, 0.717) is 6.54 Å². The first-order valence-electron chi connectivity index (χ1n) is 5.53. The molecule has 0 aliphatic carbocycles. The van der Waals surface area contributed by atoms with E-state index < -0.39 is 12.0 Å². The van der Waals surface area contributed by atoms with Crippen LogP contribution in [0.15, 0.2) is 12.4 Å². The van der Waals surface area contributed by atoms with E-state index in [0.717, 1.165) is 12.2 Å². The zero-order chi connectivity index (χ0) is 12.1. The number of carboxylic acids is 1. The van der Waals surface area contributed by atoms with Crippen LogP contribution in [0.5, 0.6) is 0 Å². The minimum Gasteiger partial charge on any atom is -0.480 e. The Labute approximate surface area is 95.5 Å². The van der Waals surface area contributed by atoms with Crippen LogP contribution in [0, 0.1) is 6.92 Å². The SMILES string of the molecule is CCCNC(C(=O)O)C(C)n1ccnc1C. The summed E-state index contributed by atoms with van der Waals surface area (Å²) < 4.78 is 1.88. The van der Waals surface area contributed by atoms with Crippen LogP contribution in [0.2, 0.25) is 0 Å². The van der Waals surface area contributed by atoms with Gasteiger partial charge in [-0.1, -0.05) is 6.92 Å². The van der Waals surface area contributed by atoms with Crippen LogP contribution in [-0.4, -0.2) is 33.2 Å². The van der Waals surface area contributed by atoms with Crippen molar-refractivity contribution in [1.82, 2.24) is 14.9 Å². The predicted molar refractivity (Wildman–Crippen MR) is 61.4 cm³/mol. The summed E-state index contributed by atoms with van der Waals surface area (Å²) in [6, 6.07) is -0.723. The summed E-state index contributed by atoms with van der Waals surface area (Å²) in [6.45, 7) is 6.47. The Kier molecular flexibility index (Phi) is 4.49. The van der Waals surface area contributed by atoms with Crippen molar-refractivity contribution in [3.05, 3.63) is 18.2 Å². The lowest BCUT2D eigenvalue weighted by Gasteiger charge is -2.23. The third-order valence-corrected chi connectivity index (χ3v) is 2.66. The Balaban J connectivity index is 2.78. The summed E-state index contributed by atoms with van der Waals surface area (Å²) in [5, 5.41) is 12.2. The lowest BCUT2D eigenvalue weighted by atomic mass is 10.1. The molecule has 1 rings (SSSR count). The van der Waals surface area contributed by atoms with E-state index in [2.05, 4.69) is 10.3 Å². The first kappa shape index (κ1) is 12.7. The highest BCUT2D eigenvalue weighted by molar-refractivity contribution is 5.74. The van der Waals surface area contributed by atoms with Crippen molar-refractivity contribution in [2.45, 2.75) is 39.3 Å². The molecule has 0 radical (unpaired) electrons. The molecule has 2 atom stereocenters. The van der Waals surface area contributed by atoms with Crippen molar-refractivity contribution in [3.63, 3.8) is 0 Å². The second-order valence-corrected chi connectivity index (χ2v) is 3.89. The molecule has 1 aromatic rings. The molecule has 0 saturated heterocycles. The molecule has 0 bridgehead atoms. The van der Waals surface area contributed by atoms with Crippen LogP contribution in [0.4, 0.5) is 0 Å². The highest BCUT2D eigenvalue weighted by atomic mass is 16.4. The van der Waals surface area contributed by atoms with E-state index in [4.69, 9.17) is 5.11 Å². The number of rotatable bonds is 6. The van der Waals surface area contributed by atoms with E-state index >= 15 is 0 Å². The third-order valence-electron chi connectivity index (χ3n) is 2.66. The van der Waals surface area contributed by atoms with Gasteiger partial charge in [-0.3, -0.25) is 4.79 Å². The van der Waals surface area contributed by atoms with Gasteiger partial charge in [0, 0.05) is 12.4 Å². The van der Waals surface area contributed by atoms with Crippen molar-refractivity contribution in [2.75, 3.05) is 6.54 Å². The molecule has 0 aromatic carbocycles. The van der Waals surface area contributed by atoms with Crippen LogP contribution in [0.3, 0.4) is 0 Å². The maximum Gasteiger partial charge on any atom is 0.322 e. The van der Waals surface area contributed by atoms with E-state index in [1.807, 2.05) is 31.5 Å². The Bertz CT molecular complexity index is 349. The van der Waals surface area contributed by atoms with Gasteiger partial charge in [0.15, 0.2) is 0 Å². The summed E-state index contributed by atoms with van der Waals surface area (Å²) in [7, 11) is 0. The average molecular weight is 225 g/mol. The number of aliphatic carboxylic acids is 1. The quantitative estimate of drug-likeness (QED) is 0.763. The third kappa shape index (κ3) is 2.82. The van der Waals surface area contributed by atoms with Gasteiger partial charge in [-0.2, -0.15) is 0 Å². The Morgan fingerprint density at radius 3 is 2.81 bits per heavy atom. The van der Waals surface area contributed by atoms with Crippen molar-refractivity contribution in [3.8, 4) is 0 Å². The van der Waals surface area contributed by atoms with Crippen molar-refractivity contribution in [2.24, 2.45) is 0 Å². The van der Waals surface area contributed by atoms with Gasteiger partial charge in [0.1, 0.15) is 11.9 Å². The second-order valence-electron chi connectivity index (χ2n) is 3.89. The molecule has 2 N–H and O–H groups in total. The van der Waals surface area contributed by atoms with E-state index in [-0.39, 0.29) is 6.04 Å². The smallest absolute Gasteiger partial charge is 0.322 e. The summed E-state index contributed by atoms with van der Waals surface area (Å²) in [4.78, 5) is 15.3. The topological polar surface area (TPSA) is 67.2 Å². The van der Waals surface area contributed by atoms with Gasteiger partial charge >= 0.3 is 5.97 Å². The molecule has 0 saturated carbocycles. The summed E-state index contributed by atoms with van der Waals surface area (Å²) in [5.41, 5.74) is 0. The van der Waals surface area contributed by atoms with Gasteiger partial charge in [-0.25, -0.2) is 4.98 Å². The number of imidazole rings is 1. The van der Waals surface area contributed by atoms with Crippen LogP contribution in [0.25, 0.3) is 0 Å². The number of aromatic nitrogens is 2. The molecular formula is C11H19N3O2. The molecule has 5 heteroatoms. The predicted octanol–water partition coefficient (Wildman–Crippen LogP) is 1.21. The highest BCUT2D eigenvalue weighted by Crippen LogP contribution is 2.13. The van der Waals surface area contributed by atoms with Gasteiger partial charge in [0.2, 0.25) is 0 Å². The average Bonchev–Trinajstić information content (AvgIpc) is 2.64. The van der Waals surface area contributed by atoms with Crippen LogP contribution in [-0.2, 0) is 4.79 Å². The molecule has 5 nitrogen and oxygen atoms in total. The number of carbonyl (C=O) groups is 1. The number of nitrogens with one attached hydrogen (secondary N) is 1. The monoisotopic (exact) mass is 225 g/mol. The van der Waals surface area contributed by atoms with E-state index in [1.54, 1.807) is 6.20 Å². The largest absolute Gasteiger partial charge is 0.480 e. The number of carboxylic acid groups (broad SMARTS) is 1. The highest BCUT2D eigenvalue weighted by Gasteiger charge is 2.25. The fourth-order valence-corrected chi connectivity index (χ4v) is 1.74. The maximum atomic E-state index is 11.2. The first-order chi connectivity index (χ1) is 7.57. The van der Waals surface area contributed by atoms with Crippen LogP contribution >= 0.6 is 0 Å². The lowest BCUT2D eigenvalue weighted by molar-refractivity contribution is -0.140. The van der Waals surface area contributed by atoms with Crippen LogP contribution < -0.4 is 5.32 Å². The molecule has 1 aromatic heterocycles. The molecule has 0 spiro atoms. The van der Waals surface area contributed by atoms with Gasteiger partial charge in [0.05, 0.1) is 6.04 Å². The lowest BCUT2D eigenvalue weighted by Crippen LogP contribution is -2.43. The Hall–Kier alpha value is -1.36. The first-order valence-corrected chi connectivity index (χ1v) is 5.53. The fourth-order valence-electron chi connectivity index (χ4n) is 1.74. The molecule has 90 valence electrons. The van der Waals surface area contributed by atoms with Gasteiger partial charge < -0.3 is 15.0 Å². The molecule has 0 aliphatic rings. The van der Waals surface area contributed by atoms with Crippen molar-refractivity contribution < 1.29 is 9.90 Å². The summed E-state index contributed by atoms with van der Waals surface area (Å²) in [6.07, 6.45) is 4.41. The number of aryl methyl sites for hydroxylation is 1. The zero-order valence-corrected chi connectivity index (χ0v) is 9.97. The molecule has 0 fully saturated rings. The molecule has 1 heterocycles. The summed E-state index contributed by atoms with van der Waals surface area (Å²) in [5.74, 6) is 0.00565. The Morgan fingerprint density at radius 1 is 1.69 bits per heavy atom.